The molecule has 0 aromatic heterocycles. The topological polar surface area (TPSA) is 32.3 Å². The molecule has 2 aliphatic heterocycles. The third kappa shape index (κ3) is 2.39. The molecule has 4 heteroatoms. The molecule has 2 saturated heterocycles. The van der Waals surface area contributed by atoms with Crippen molar-refractivity contribution < 1.29 is 4.21 Å². The van der Waals surface area contributed by atoms with Crippen LogP contribution < -0.4 is 5.32 Å². The van der Waals surface area contributed by atoms with E-state index in [1.165, 1.54) is 12.8 Å². The molecule has 2 fully saturated rings. The Morgan fingerprint density at radius 2 is 2.06 bits per heavy atom. The zero-order chi connectivity index (χ0) is 13.6. The highest BCUT2D eigenvalue weighted by Crippen LogP contribution is 2.48. The van der Waals surface area contributed by atoms with E-state index in [1.807, 2.05) is 0 Å². The van der Waals surface area contributed by atoms with Gasteiger partial charge >= 0.3 is 0 Å². The Bertz CT molecular complexity index is 329. The van der Waals surface area contributed by atoms with Crippen LogP contribution in [0.2, 0.25) is 0 Å². The van der Waals surface area contributed by atoms with Crippen LogP contribution in [-0.2, 0) is 11.0 Å². The van der Waals surface area contributed by atoms with Gasteiger partial charge in [-0.05, 0) is 46.1 Å². The molecule has 0 bridgehead atoms. The molecule has 0 aromatic carbocycles. The molecule has 2 heterocycles. The molecule has 18 heavy (non-hydrogen) atoms. The number of rotatable bonds is 2. The van der Waals surface area contributed by atoms with Gasteiger partial charge in [0.15, 0.2) is 0 Å². The number of piperidine rings is 1. The summed E-state index contributed by atoms with van der Waals surface area (Å²) < 4.78 is 14.7. The molecule has 0 aliphatic carbocycles. The fraction of sp³-hybridized carbons (Fsp3) is 1.00. The van der Waals surface area contributed by atoms with Crippen molar-refractivity contribution in [3.8, 4) is 0 Å². The highest BCUT2D eigenvalue weighted by molar-refractivity contribution is 7.84. The van der Waals surface area contributed by atoms with Crippen molar-refractivity contribution in [3.05, 3.63) is 0 Å². The summed E-state index contributed by atoms with van der Waals surface area (Å²) in [6.45, 7) is 14.0. The van der Waals surface area contributed by atoms with E-state index >= 15 is 0 Å². The van der Waals surface area contributed by atoms with Crippen molar-refractivity contribution in [1.82, 2.24) is 9.62 Å². The van der Waals surface area contributed by atoms with Crippen molar-refractivity contribution in [2.75, 3.05) is 19.6 Å². The first-order chi connectivity index (χ1) is 8.28. The van der Waals surface area contributed by atoms with Gasteiger partial charge in [-0.1, -0.05) is 13.8 Å². The van der Waals surface area contributed by atoms with Gasteiger partial charge in [-0.15, -0.1) is 0 Å². The minimum atomic E-state index is -0.868. The van der Waals surface area contributed by atoms with E-state index in [9.17, 15) is 4.21 Å². The van der Waals surface area contributed by atoms with Gasteiger partial charge in [0, 0.05) is 24.5 Å². The maximum atomic E-state index is 12.6. The van der Waals surface area contributed by atoms with Crippen LogP contribution in [-0.4, -0.2) is 38.9 Å². The summed E-state index contributed by atoms with van der Waals surface area (Å²) in [5.74, 6) is 0.574. The molecule has 3 atom stereocenters. The lowest BCUT2D eigenvalue weighted by Gasteiger charge is -2.61. The Hall–Kier alpha value is 0.0700. The predicted molar refractivity (Wildman–Crippen MR) is 77.8 cm³/mol. The maximum Gasteiger partial charge on any atom is 0.1000 e. The fourth-order valence-corrected chi connectivity index (χ4v) is 5.38. The standard InChI is InChI=1S/C14H28N2OS/c1-11(2)12-14(7-6-8-15-9-14)10-16(12)18(17)13(3,4)5/h11-12,15H,6-10H2,1-5H3. The van der Waals surface area contributed by atoms with E-state index < -0.39 is 11.0 Å². The van der Waals surface area contributed by atoms with E-state index in [0.717, 1.165) is 19.6 Å². The second kappa shape index (κ2) is 4.88. The minimum absolute atomic E-state index is 0.142. The Labute approximate surface area is 114 Å². The average molecular weight is 272 g/mol. The Kier molecular flexibility index (Phi) is 3.92. The highest BCUT2D eigenvalue weighted by Gasteiger charge is 2.56. The van der Waals surface area contributed by atoms with Crippen molar-refractivity contribution in [2.45, 2.75) is 58.2 Å². The minimum Gasteiger partial charge on any atom is -0.316 e. The Balaban J connectivity index is 2.14. The highest BCUT2D eigenvalue weighted by atomic mass is 32.2. The first kappa shape index (κ1) is 14.5. The molecule has 0 amide bonds. The lowest BCUT2D eigenvalue weighted by molar-refractivity contribution is -0.0527. The molecule has 3 nitrogen and oxygen atoms in total. The van der Waals surface area contributed by atoms with Gasteiger partial charge in [0.25, 0.3) is 0 Å². The summed E-state index contributed by atoms with van der Waals surface area (Å²) in [7, 11) is -0.868. The Morgan fingerprint density at radius 3 is 2.50 bits per heavy atom. The third-order valence-electron chi connectivity index (χ3n) is 4.28. The number of hydrogen-bond donors (Lipinski definition) is 1. The zero-order valence-electron chi connectivity index (χ0n) is 12.5. The van der Waals surface area contributed by atoms with Gasteiger partial charge in [-0.25, -0.2) is 8.51 Å². The lowest BCUT2D eigenvalue weighted by atomic mass is 9.65. The summed E-state index contributed by atoms with van der Waals surface area (Å²) in [5.41, 5.74) is 0.382. The molecule has 1 N–H and O–H groups in total. The van der Waals surface area contributed by atoms with Gasteiger partial charge < -0.3 is 5.32 Å². The van der Waals surface area contributed by atoms with Crippen molar-refractivity contribution in [1.29, 1.82) is 0 Å². The normalized spacial score (nSPS) is 35.8. The quantitative estimate of drug-likeness (QED) is 0.835. The molecule has 106 valence electrons. The molecule has 3 unspecified atom stereocenters. The van der Waals surface area contributed by atoms with E-state index in [1.54, 1.807) is 0 Å². The second-order valence-electron chi connectivity index (χ2n) is 7.27. The first-order valence-electron chi connectivity index (χ1n) is 7.17. The zero-order valence-corrected chi connectivity index (χ0v) is 13.3. The van der Waals surface area contributed by atoms with Crippen LogP contribution in [0.1, 0.15) is 47.5 Å². The van der Waals surface area contributed by atoms with E-state index in [4.69, 9.17) is 0 Å². The number of hydrogen-bond acceptors (Lipinski definition) is 2. The lowest BCUT2D eigenvalue weighted by Crippen LogP contribution is -2.72. The molecular formula is C14H28N2OS. The largest absolute Gasteiger partial charge is 0.316 e. The van der Waals surface area contributed by atoms with Gasteiger partial charge in [0.1, 0.15) is 0 Å². The van der Waals surface area contributed by atoms with Crippen LogP contribution in [0.5, 0.6) is 0 Å². The molecule has 1 spiro atoms. The monoisotopic (exact) mass is 272 g/mol. The summed E-state index contributed by atoms with van der Waals surface area (Å²) in [4.78, 5) is 0. The maximum absolute atomic E-state index is 12.6. The summed E-state index contributed by atoms with van der Waals surface area (Å²) in [5, 5.41) is 3.53. The van der Waals surface area contributed by atoms with Crippen LogP contribution in [0.3, 0.4) is 0 Å². The smallest absolute Gasteiger partial charge is 0.1000 e. The summed E-state index contributed by atoms with van der Waals surface area (Å²) in [6, 6.07) is 0.477. The molecule has 0 aromatic rings. The van der Waals surface area contributed by atoms with E-state index in [-0.39, 0.29) is 4.75 Å². The summed E-state index contributed by atoms with van der Waals surface area (Å²) >= 11 is 0. The third-order valence-corrected chi connectivity index (χ3v) is 6.11. The SMILES string of the molecule is CC(C)C1N(S(=O)C(C)(C)C)CC12CCCNC2. The van der Waals surface area contributed by atoms with Gasteiger partial charge in [-0.3, -0.25) is 0 Å². The molecule has 0 radical (unpaired) electrons. The fourth-order valence-electron chi connectivity index (χ4n) is 3.63. The van der Waals surface area contributed by atoms with Crippen LogP contribution in [0.15, 0.2) is 0 Å². The van der Waals surface area contributed by atoms with Gasteiger partial charge in [0.2, 0.25) is 0 Å². The van der Waals surface area contributed by atoms with Crippen LogP contribution in [0.4, 0.5) is 0 Å². The van der Waals surface area contributed by atoms with Gasteiger partial charge in [-0.2, -0.15) is 0 Å². The Morgan fingerprint density at radius 1 is 1.39 bits per heavy atom. The number of nitrogens with one attached hydrogen (secondary N) is 1. The first-order valence-corrected chi connectivity index (χ1v) is 8.28. The molecule has 0 saturated carbocycles. The van der Waals surface area contributed by atoms with Crippen LogP contribution in [0.25, 0.3) is 0 Å². The van der Waals surface area contributed by atoms with Crippen molar-refractivity contribution >= 4 is 11.0 Å². The summed E-state index contributed by atoms with van der Waals surface area (Å²) in [6.07, 6.45) is 2.56. The average Bonchev–Trinajstić information content (AvgIpc) is 2.24. The van der Waals surface area contributed by atoms with Crippen LogP contribution >= 0.6 is 0 Å². The predicted octanol–water partition coefficient (Wildman–Crippen LogP) is 2.16. The van der Waals surface area contributed by atoms with Gasteiger partial charge in [0.05, 0.1) is 15.7 Å². The molecule has 2 rings (SSSR count). The van der Waals surface area contributed by atoms with Crippen LogP contribution in [0, 0.1) is 11.3 Å². The van der Waals surface area contributed by atoms with E-state index in [0.29, 0.717) is 17.4 Å². The second-order valence-corrected chi connectivity index (χ2v) is 9.46. The van der Waals surface area contributed by atoms with Crippen molar-refractivity contribution in [3.63, 3.8) is 0 Å². The van der Waals surface area contributed by atoms with Crippen molar-refractivity contribution in [2.24, 2.45) is 11.3 Å². The van der Waals surface area contributed by atoms with E-state index in [2.05, 4.69) is 44.2 Å². The molecular weight excluding hydrogens is 244 g/mol. The molecule has 2 aliphatic rings. The number of nitrogens with zero attached hydrogens (tertiary/aromatic N) is 1.